The first-order valence-corrected chi connectivity index (χ1v) is 7.05. The first kappa shape index (κ1) is 13.6. The molecule has 0 aliphatic carbocycles. The predicted molar refractivity (Wildman–Crippen MR) is 76.2 cm³/mol. The Balaban J connectivity index is 2.16. The number of nitrogens with zero attached hydrogens (tertiary/aromatic N) is 3. The lowest BCUT2D eigenvalue weighted by Crippen LogP contribution is -2.47. The van der Waals surface area contributed by atoms with Gasteiger partial charge in [0.2, 0.25) is 0 Å². The molecule has 100 valence electrons. The average Bonchev–Trinajstić information content (AvgIpc) is 2.56. The van der Waals surface area contributed by atoms with E-state index >= 15 is 0 Å². The molecule has 0 radical (unpaired) electrons. The average molecular weight is 363 g/mol. The maximum absolute atomic E-state index is 12.1. The number of hydrogen-bond donors (Lipinski definition) is 0. The SMILES string of the molecule is CC1Cn2ncc(I)c2CN1C(=O)OC(C)(C)C. The normalized spacial score (nSPS) is 19.6. The van der Waals surface area contributed by atoms with Gasteiger partial charge in [-0.15, -0.1) is 0 Å². The van der Waals surface area contributed by atoms with Crippen LogP contribution in [0.5, 0.6) is 0 Å². The number of hydrogen-bond acceptors (Lipinski definition) is 3. The molecule has 1 unspecified atom stereocenters. The number of ether oxygens (including phenoxy) is 1. The molecule has 0 spiro atoms. The summed E-state index contributed by atoms with van der Waals surface area (Å²) in [5, 5.41) is 4.31. The van der Waals surface area contributed by atoms with Crippen LogP contribution in [0, 0.1) is 3.57 Å². The Morgan fingerprint density at radius 2 is 2.22 bits per heavy atom. The summed E-state index contributed by atoms with van der Waals surface area (Å²) in [5.74, 6) is 0. The molecule has 0 bridgehead atoms. The van der Waals surface area contributed by atoms with Crippen molar-refractivity contribution in [2.45, 2.75) is 52.4 Å². The van der Waals surface area contributed by atoms with Gasteiger partial charge in [0.05, 0.1) is 34.6 Å². The fourth-order valence-corrected chi connectivity index (χ4v) is 2.51. The smallest absolute Gasteiger partial charge is 0.410 e. The highest BCUT2D eigenvalue weighted by Gasteiger charge is 2.31. The predicted octanol–water partition coefficient (Wildman–Crippen LogP) is 2.63. The molecular weight excluding hydrogens is 345 g/mol. The summed E-state index contributed by atoms with van der Waals surface area (Å²) in [6.45, 7) is 8.95. The molecule has 6 heteroatoms. The van der Waals surface area contributed by atoms with Crippen molar-refractivity contribution in [1.82, 2.24) is 14.7 Å². The summed E-state index contributed by atoms with van der Waals surface area (Å²) in [7, 11) is 0. The number of amides is 1. The zero-order valence-electron chi connectivity index (χ0n) is 11.1. The molecule has 1 aliphatic rings. The van der Waals surface area contributed by atoms with Crippen molar-refractivity contribution in [3.05, 3.63) is 15.5 Å². The fraction of sp³-hybridized carbons (Fsp3) is 0.667. The van der Waals surface area contributed by atoms with Gasteiger partial charge in [-0.25, -0.2) is 4.79 Å². The van der Waals surface area contributed by atoms with Crippen molar-refractivity contribution in [3.63, 3.8) is 0 Å². The van der Waals surface area contributed by atoms with E-state index in [0.29, 0.717) is 6.54 Å². The fourth-order valence-electron chi connectivity index (χ4n) is 1.93. The zero-order valence-corrected chi connectivity index (χ0v) is 13.3. The van der Waals surface area contributed by atoms with Crippen LogP contribution in [-0.4, -0.2) is 32.4 Å². The standard InChI is InChI=1S/C12H18IN3O2/c1-8-6-16-10(9(13)5-14-16)7-15(8)11(17)18-12(2,3)4/h5,8H,6-7H2,1-4H3. The van der Waals surface area contributed by atoms with Crippen LogP contribution in [-0.2, 0) is 17.8 Å². The minimum atomic E-state index is -0.457. The van der Waals surface area contributed by atoms with Gasteiger partial charge in [0, 0.05) is 0 Å². The van der Waals surface area contributed by atoms with Gasteiger partial charge < -0.3 is 4.74 Å². The molecule has 1 aromatic heterocycles. The van der Waals surface area contributed by atoms with E-state index in [4.69, 9.17) is 4.74 Å². The molecule has 1 amide bonds. The number of carbonyl (C=O) groups is 1. The van der Waals surface area contributed by atoms with E-state index in [9.17, 15) is 4.79 Å². The molecule has 0 aromatic carbocycles. The van der Waals surface area contributed by atoms with Crippen LogP contribution in [0.25, 0.3) is 0 Å². The molecule has 5 nitrogen and oxygen atoms in total. The van der Waals surface area contributed by atoms with Crippen LogP contribution in [0.15, 0.2) is 6.20 Å². The third-order valence-electron chi connectivity index (χ3n) is 2.82. The molecule has 2 heterocycles. The Hall–Kier alpha value is -0.790. The Labute approximate surface area is 121 Å². The highest BCUT2D eigenvalue weighted by Crippen LogP contribution is 2.23. The van der Waals surface area contributed by atoms with Crippen molar-refractivity contribution in [3.8, 4) is 0 Å². The number of halogens is 1. The largest absolute Gasteiger partial charge is 0.444 e. The summed E-state index contributed by atoms with van der Waals surface area (Å²) in [6.07, 6.45) is 1.58. The molecule has 0 N–H and O–H groups in total. The summed E-state index contributed by atoms with van der Waals surface area (Å²) >= 11 is 2.25. The van der Waals surface area contributed by atoms with Crippen LogP contribution in [0.3, 0.4) is 0 Å². The Kier molecular flexibility index (Phi) is 3.57. The van der Waals surface area contributed by atoms with Crippen molar-refractivity contribution in [2.75, 3.05) is 0 Å². The van der Waals surface area contributed by atoms with E-state index in [-0.39, 0.29) is 12.1 Å². The Morgan fingerprint density at radius 3 is 2.83 bits per heavy atom. The molecule has 1 aromatic rings. The van der Waals surface area contributed by atoms with E-state index in [1.54, 1.807) is 4.90 Å². The van der Waals surface area contributed by atoms with Crippen LogP contribution >= 0.6 is 22.6 Å². The topological polar surface area (TPSA) is 47.4 Å². The highest BCUT2D eigenvalue weighted by atomic mass is 127. The molecule has 0 fully saturated rings. The van der Waals surface area contributed by atoms with Gasteiger partial charge in [-0.1, -0.05) is 0 Å². The molecule has 18 heavy (non-hydrogen) atoms. The van der Waals surface area contributed by atoms with Gasteiger partial charge in [0.15, 0.2) is 0 Å². The molecular formula is C12H18IN3O2. The van der Waals surface area contributed by atoms with Crippen molar-refractivity contribution >= 4 is 28.7 Å². The van der Waals surface area contributed by atoms with Gasteiger partial charge in [-0.3, -0.25) is 9.58 Å². The second-order valence-corrected chi connectivity index (χ2v) is 6.74. The van der Waals surface area contributed by atoms with Gasteiger partial charge in [0.25, 0.3) is 0 Å². The van der Waals surface area contributed by atoms with Crippen LogP contribution in [0.4, 0.5) is 4.79 Å². The van der Waals surface area contributed by atoms with Crippen LogP contribution in [0.2, 0.25) is 0 Å². The number of fused-ring (bicyclic) bond motifs is 1. The molecule has 1 aliphatic heterocycles. The first-order chi connectivity index (χ1) is 8.28. The number of rotatable bonds is 0. The van der Waals surface area contributed by atoms with Gasteiger partial charge in [-0.05, 0) is 50.3 Å². The third kappa shape index (κ3) is 2.78. The molecule has 0 saturated heterocycles. The minimum absolute atomic E-state index is 0.100. The maximum Gasteiger partial charge on any atom is 0.410 e. The van der Waals surface area contributed by atoms with Crippen LogP contribution in [0.1, 0.15) is 33.4 Å². The summed E-state index contributed by atoms with van der Waals surface area (Å²) < 4.78 is 8.49. The van der Waals surface area contributed by atoms with Crippen LogP contribution < -0.4 is 0 Å². The minimum Gasteiger partial charge on any atom is -0.444 e. The van der Waals surface area contributed by atoms with Crippen molar-refractivity contribution < 1.29 is 9.53 Å². The lowest BCUT2D eigenvalue weighted by Gasteiger charge is -2.35. The highest BCUT2D eigenvalue weighted by molar-refractivity contribution is 14.1. The quantitative estimate of drug-likeness (QED) is 0.666. The monoisotopic (exact) mass is 363 g/mol. The van der Waals surface area contributed by atoms with Crippen molar-refractivity contribution in [2.24, 2.45) is 0 Å². The summed E-state index contributed by atoms with van der Waals surface area (Å²) in [4.78, 5) is 13.9. The zero-order chi connectivity index (χ0) is 13.5. The molecule has 1 atom stereocenters. The number of aromatic nitrogens is 2. The molecule has 0 saturated carbocycles. The van der Waals surface area contributed by atoms with E-state index in [2.05, 4.69) is 27.7 Å². The van der Waals surface area contributed by atoms with Gasteiger partial charge in [0.1, 0.15) is 5.60 Å². The van der Waals surface area contributed by atoms with Gasteiger partial charge >= 0.3 is 6.09 Å². The van der Waals surface area contributed by atoms with Gasteiger partial charge in [-0.2, -0.15) is 5.10 Å². The Bertz CT molecular complexity index is 464. The first-order valence-electron chi connectivity index (χ1n) is 5.98. The van der Waals surface area contributed by atoms with E-state index in [0.717, 1.165) is 15.8 Å². The van der Waals surface area contributed by atoms with E-state index in [1.165, 1.54) is 0 Å². The number of carbonyl (C=O) groups excluding carboxylic acids is 1. The third-order valence-corrected chi connectivity index (χ3v) is 3.72. The lowest BCUT2D eigenvalue weighted by molar-refractivity contribution is 0.00898. The Morgan fingerprint density at radius 1 is 1.56 bits per heavy atom. The second-order valence-electron chi connectivity index (χ2n) is 5.58. The van der Waals surface area contributed by atoms with Crippen molar-refractivity contribution in [1.29, 1.82) is 0 Å². The van der Waals surface area contributed by atoms with E-state index < -0.39 is 5.60 Å². The lowest BCUT2D eigenvalue weighted by atomic mass is 10.2. The summed E-state index contributed by atoms with van der Waals surface area (Å²) in [5.41, 5.74) is 0.626. The van der Waals surface area contributed by atoms with E-state index in [1.807, 2.05) is 38.6 Å². The second kappa shape index (κ2) is 4.71. The maximum atomic E-state index is 12.1. The summed E-state index contributed by atoms with van der Waals surface area (Å²) in [6, 6.07) is 0.100. The molecule has 2 rings (SSSR count).